The molecule has 19 heavy (non-hydrogen) atoms. The molecule has 0 radical (unpaired) electrons. The molecule has 0 heterocycles. The van der Waals surface area contributed by atoms with Crippen LogP contribution in [0.2, 0.25) is 0 Å². The van der Waals surface area contributed by atoms with Crippen molar-refractivity contribution in [3.05, 3.63) is 0 Å². The first-order valence-corrected chi connectivity index (χ1v) is 7.10. The first-order chi connectivity index (χ1) is 8.56. The van der Waals surface area contributed by atoms with E-state index in [1.807, 2.05) is 6.92 Å². The Labute approximate surface area is 117 Å². The van der Waals surface area contributed by atoms with E-state index in [9.17, 15) is 14.7 Å². The first kappa shape index (κ1) is 17.9. The molecule has 1 atom stereocenters. The third-order valence-corrected chi connectivity index (χ3v) is 3.49. The number of aliphatic carboxylic acids is 1. The molecule has 0 aliphatic carbocycles. The number of carboxylic acid groups (broad SMARTS) is 1. The van der Waals surface area contributed by atoms with Crippen LogP contribution in [0, 0.1) is 11.3 Å². The lowest BCUT2D eigenvalue weighted by Crippen LogP contribution is -2.54. The van der Waals surface area contributed by atoms with Gasteiger partial charge in [0.2, 0.25) is 5.91 Å². The summed E-state index contributed by atoms with van der Waals surface area (Å²) >= 11 is 0. The van der Waals surface area contributed by atoms with E-state index in [1.165, 1.54) is 0 Å². The number of carboxylic acids is 1. The molecular weight excluding hydrogens is 242 g/mol. The highest BCUT2D eigenvalue weighted by Gasteiger charge is 2.36. The molecule has 0 aliphatic rings. The summed E-state index contributed by atoms with van der Waals surface area (Å²) in [6, 6.07) is 0. The molecule has 4 nitrogen and oxygen atoms in total. The van der Waals surface area contributed by atoms with Gasteiger partial charge in [-0.2, -0.15) is 0 Å². The van der Waals surface area contributed by atoms with Crippen molar-refractivity contribution in [1.82, 2.24) is 5.32 Å². The van der Waals surface area contributed by atoms with Crippen LogP contribution in [-0.4, -0.2) is 22.5 Å². The summed E-state index contributed by atoms with van der Waals surface area (Å²) in [5.74, 6) is -0.864. The fourth-order valence-electron chi connectivity index (χ4n) is 2.53. The minimum Gasteiger partial charge on any atom is -0.480 e. The number of amides is 1. The summed E-state index contributed by atoms with van der Waals surface area (Å²) < 4.78 is 0. The van der Waals surface area contributed by atoms with Crippen LogP contribution in [0.25, 0.3) is 0 Å². The minimum atomic E-state index is -1.11. The van der Waals surface area contributed by atoms with Gasteiger partial charge < -0.3 is 10.4 Å². The lowest BCUT2D eigenvalue weighted by atomic mass is 9.84. The topological polar surface area (TPSA) is 66.4 Å². The molecule has 0 aliphatic heterocycles. The maximum absolute atomic E-state index is 12.0. The first-order valence-electron chi connectivity index (χ1n) is 7.10. The lowest BCUT2D eigenvalue weighted by molar-refractivity contribution is -0.148. The van der Waals surface area contributed by atoms with Crippen molar-refractivity contribution in [2.75, 3.05) is 0 Å². The van der Waals surface area contributed by atoms with Gasteiger partial charge >= 0.3 is 5.97 Å². The predicted octanol–water partition coefficient (Wildman–Crippen LogP) is 3.21. The van der Waals surface area contributed by atoms with Crippen LogP contribution in [0.5, 0.6) is 0 Å². The van der Waals surface area contributed by atoms with Crippen LogP contribution in [-0.2, 0) is 9.59 Å². The van der Waals surface area contributed by atoms with Crippen molar-refractivity contribution in [2.45, 2.75) is 72.8 Å². The largest absolute Gasteiger partial charge is 0.480 e. The molecule has 0 aromatic carbocycles. The van der Waals surface area contributed by atoms with Crippen molar-refractivity contribution in [3.63, 3.8) is 0 Å². The molecule has 1 unspecified atom stereocenters. The Morgan fingerprint density at radius 3 is 1.95 bits per heavy atom. The second-order valence-electron chi connectivity index (χ2n) is 6.72. The van der Waals surface area contributed by atoms with Crippen molar-refractivity contribution < 1.29 is 14.7 Å². The molecule has 0 spiro atoms. The molecular formula is C15H29NO3. The van der Waals surface area contributed by atoms with Crippen LogP contribution >= 0.6 is 0 Å². The molecule has 0 aromatic heterocycles. The molecule has 0 saturated heterocycles. The molecule has 2 N–H and O–H groups in total. The highest BCUT2D eigenvalue weighted by atomic mass is 16.4. The van der Waals surface area contributed by atoms with Gasteiger partial charge in [0.05, 0.1) is 0 Å². The Hall–Kier alpha value is -1.06. The second kappa shape index (κ2) is 6.92. The fourth-order valence-corrected chi connectivity index (χ4v) is 2.53. The highest BCUT2D eigenvalue weighted by molar-refractivity contribution is 5.87. The maximum atomic E-state index is 12.0. The van der Waals surface area contributed by atoms with E-state index in [0.717, 1.165) is 6.42 Å². The van der Waals surface area contributed by atoms with Gasteiger partial charge in [-0.3, -0.25) is 4.79 Å². The summed E-state index contributed by atoms with van der Waals surface area (Å²) in [7, 11) is 0. The van der Waals surface area contributed by atoms with Gasteiger partial charge in [-0.15, -0.1) is 0 Å². The number of nitrogens with one attached hydrogen (secondary N) is 1. The molecule has 0 saturated carbocycles. The van der Waals surface area contributed by atoms with Crippen LogP contribution in [0.4, 0.5) is 0 Å². The van der Waals surface area contributed by atoms with E-state index in [4.69, 9.17) is 0 Å². The van der Waals surface area contributed by atoms with E-state index >= 15 is 0 Å². The van der Waals surface area contributed by atoms with Gasteiger partial charge in [-0.25, -0.2) is 4.79 Å². The smallest absolute Gasteiger partial charge is 0.329 e. The summed E-state index contributed by atoms with van der Waals surface area (Å²) in [5, 5.41) is 12.0. The van der Waals surface area contributed by atoms with Gasteiger partial charge in [0.15, 0.2) is 0 Å². The average molecular weight is 271 g/mol. The summed E-state index contributed by atoms with van der Waals surface area (Å²) in [6.45, 7) is 12.0. The Morgan fingerprint density at radius 2 is 1.63 bits per heavy atom. The number of carbonyl (C=O) groups excluding carboxylic acids is 1. The number of rotatable bonds is 7. The van der Waals surface area contributed by atoms with Gasteiger partial charge in [0.1, 0.15) is 5.54 Å². The zero-order valence-corrected chi connectivity index (χ0v) is 13.2. The third-order valence-electron chi connectivity index (χ3n) is 3.49. The molecule has 0 rings (SSSR count). The minimum absolute atomic E-state index is 0.164. The molecule has 0 bridgehead atoms. The number of hydrogen-bond acceptors (Lipinski definition) is 2. The second-order valence-corrected chi connectivity index (χ2v) is 6.72. The van der Waals surface area contributed by atoms with E-state index in [2.05, 4.69) is 26.1 Å². The van der Waals surface area contributed by atoms with Crippen LogP contribution in [0.3, 0.4) is 0 Å². The summed E-state index contributed by atoms with van der Waals surface area (Å²) in [4.78, 5) is 23.3. The van der Waals surface area contributed by atoms with Gasteiger partial charge in [0, 0.05) is 6.42 Å². The zero-order valence-electron chi connectivity index (χ0n) is 13.2. The molecule has 0 aromatic rings. The zero-order chi connectivity index (χ0) is 15.3. The van der Waals surface area contributed by atoms with E-state index in [-0.39, 0.29) is 17.2 Å². The van der Waals surface area contributed by atoms with Gasteiger partial charge in [0.25, 0.3) is 0 Å². The lowest BCUT2D eigenvalue weighted by Gasteiger charge is -2.29. The standard InChI is InChI=1S/C15H29NO3/c1-7-15(8-2,13(18)19)16-12(17)9-11(3)10-14(4,5)6/h11H,7-10H2,1-6H3,(H,16,17)(H,18,19). The van der Waals surface area contributed by atoms with Gasteiger partial charge in [-0.1, -0.05) is 41.5 Å². The third kappa shape index (κ3) is 6.08. The SMILES string of the molecule is CCC(CC)(NC(=O)CC(C)CC(C)(C)C)C(=O)O. The molecule has 112 valence electrons. The molecule has 0 fully saturated rings. The average Bonchev–Trinajstić information content (AvgIpc) is 2.22. The maximum Gasteiger partial charge on any atom is 0.329 e. The van der Waals surface area contributed by atoms with Crippen molar-refractivity contribution in [1.29, 1.82) is 0 Å². The van der Waals surface area contributed by atoms with E-state index < -0.39 is 11.5 Å². The van der Waals surface area contributed by atoms with Crippen LogP contribution in [0.15, 0.2) is 0 Å². The predicted molar refractivity (Wildman–Crippen MR) is 76.9 cm³/mol. The Morgan fingerprint density at radius 1 is 1.16 bits per heavy atom. The normalized spacial score (nSPS) is 14.0. The Bertz CT molecular complexity index is 314. The molecule has 1 amide bonds. The summed E-state index contributed by atoms with van der Waals surface area (Å²) in [5.41, 5.74) is -0.933. The van der Waals surface area contributed by atoms with Crippen molar-refractivity contribution in [3.8, 4) is 0 Å². The Kier molecular flexibility index (Phi) is 6.53. The van der Waals surface area contributed by atoms with Crippen LogP contribution in [0.1, 0.15) is 67.2 Å². The fraction of sp³-hybridized carbons (Fsp3) is 0.867. The van der Waals surface area contributed by atoms with Gasteiger partial charge in [-0.05, 0) is 30.6 Å². The molecule has 4 heteroatoms. The van der Waals surface area contributed by atoms with Crippen molar-refractivity contribution >= 4 is 11.9 Å². The number of hydrogen-bond donors (Lipinski definition) is 2. The van der Waals surface area contributed by atoms with Crippen molar-refractivity contribution in [2.24, 2.45) is 11.3 Å². The monoisotopic (exact) mass is 271 g/mol. The van der Waals surface area contributed by atoms with E-state index in [1.54, 1.807) is 13.8 Å². The quantitative estimate of drug-likeness (QED) is 0.747. The summed E-state index contributed by atoms with van der Waals surface area (Å²) in [6.07, 6.45) is 2.13. The highest BCUT2D eigenvalue weighted by Crippen LogP contribution is 2.26. The Balaban J connectivity index is 4.56. The van der Waals surface area contributed by atoms with Crippen LogP contribution < -0.4 is 5.32 Å². The number of carbonyl (C=O) groups is 2. The van der Waals surface area contributed by atoms with E-state index in [0.29, 0.717) is 19.3 Å².